The van der Waals surface area contributed by atoms with Crippen molar-refractivity contribution in [1.82, 2.24) is 4.57 Å². The van der Waals surface area contributed by atoms with Crippen molar-refractivity contribution < 1.29 is 4.42 Å². The third kappa shape index (κ3) is 12.9. The van der Waals surface area contributed by atoms with Crippen LogP contribution in [0.15, 0.2) is 265 Å². The van der Waals surface area contributed by atoms with Gasteiger partial charge >= 0.3 is 0 Å². The minimum atomic E-state index is -0.255. The van der Waals surface area contributed by atoms with Gasteiger partial charge < -0.3 is 18.8 Å². The largest absolute Gasteiger partial charge is 0.456 e. The lowest BCUT2D eigenvalue weighted by Crippen LogP contribution is -2.61. The molecule has 0 unspecified atom stereocenters. The van der Waals surface area contributed by atoms with Crippen molar-refractivity contribution in [3.8, 4) is 61.3 Å². The fraction of sp³-hybridized carbons (Fsp3) is 0.264. The Labute approximate surface area is 659 Å². The number of anilines is 6. The van der Waals surface area contributed by atoms with Gasteiger partial charge in [-0.25, -0.2) is 0 Å². The fourth-order valence-electron chi connectivity index (χ4n) is 17.3. The Kier molecular flexibility index (Phi) is 17.0. The van der Waals surface area contributed by atoms with Crippen LogP contribution in [0.2, 0.25) is 0 Å². The van der Waals surface area contributed by atoms with Crippen LogP contribution in [0.3, 0.4) is 0 Å². The predicted molar refractivity (Wildman–Crippen MR) is 480 cm³/mol. The number of hydrogen-bond acceptors (Lipinski definition) is 3. The van der Waals surface area contributed by atoms with E-state index in [2.05, 4.69) is 421 Å². The van der Waals surface area contributed by atoms with Crippen LogP contribution in [-0.2, 0) is 37.9 Å². The first-order chi connectivity index (χ1) is 52.4. The molecular weight excluding hydrogens is 1340 g/mol. The van der Waals surface area contributed by atoms with Gasteiger partial charge in [0.25, 0.3) is 6.71 Å². The van der Waals surface area contributed by atoms with E-state index in [1.807, 2.05) is 0 Å². The second-order valence-corrected chi connectivity index (χ2v) is 39.2. The molecule has 5 heteroatoms. The molecule has 2 aliphatic heterocycles. The van der Waals surface area contributed by atoms with Crippen molar-refractivity contribution in [1.29, 1.82) is 0 Å². The van der Waals surface area contributed by atoms with Crippen LogP contribution in [0.4, 0.5) is 34.1 Å². The maximum atomic E-state index is 7.23. The third-order valence-corrected chi connectivity index (χ3v) is 23.9. The third-order valence-electron chi connectivity index (χ3n) is 23.9. The quantitative estimate of drug-likeness (QED) is 0.142. The van der Waals surface area contributed by atoms with Crippen molar-refractivity contribution in [2.45, 2.75) is 183 Å². The summed E-state index contributed by atoms with van der Waals surface area (Å²) in [7, 11) is 0. The van der Waals surface area contributed by atoms with Gasteiger partial charge in [-0.2, -0.15) is 0 Å². The number of para-hydroxylation sites is 3. The Hall–Kier alpha value is -10.9. The van der Waals surface area contributed by atoms with Crippen LogP contribution in [0.5, 0.6) is 0 Å². The number of rotatable bonds is 8. The highest BCUT2D eigenvalue weighted by Crippen LogP contribution is 2.55. The molecule has 0 fully saturated rings. The molecule has 0 radical (unpaired) electrons. The van der Waals surface area contributed by atoms with Gasteiger partial charge in [0.15, 0.2) is 0 Å². The molecule has 111 heavy (non-hydrogen) atoms. The predicted octanol–water partition coefficient (Wildman–Crippen LogP) is 28.2. The molecule has 4 nitrogen and oxygen atoms in total. The van der Waals surface area contributed by atoms with Crippen molar-refractivity contribution in [2.24, 2.45) is 0 Å². The Morgan fingerprint density at radius 1 is 0.234 bits per heavy atom. The van der Waals surface area contributed by atoms with Gasteiger partial charge in [-0.05, 0) is 222 Å². The zero-order valence-corrected chi connectivity index (χ0v) is 69.2. The second-order valence-electron chi connectivity index (χ2n) is 39.2. The molecule has 0 bridgehead atoms. The van der Waals surface area contributed by atoms with E-state index in [9.17, 15) is 0 Å². The van der Waals surface area contributed by atoms with Gasteiger partial charge in [-0.15, -0.1) is 0 Å². The van der Waals surface area contributed by atoms with Crippen molar-refractivity contribution in [3.05, 3.63) is 300 Å². The summed E-state index contributed by atoms with van der Waals surface area (Å²) in [6.45, 7) is 49.3. The monoisotopic (exact) mass is 1450 g/mol. The number of hydrogen-bond donors (Lipinski definition) is 0. The highest BCUT2D eigenvalue weighted by Gasteiger charge is 2.46. The van der Waals surface area contributed by atoms with E-state index < -0.39 is 0 Å². The summed E-state index contributed by atoms with van der Waals surface area (Å²) in [5, 5.41) is 4.50. The summed E-state index contributed by atoms with van der Waals surface area (Å²) < 4.78 is 9.76. The number of benzene rings is 13. The minimum absolute atomic E-state index is 0.101. The molecule has 0 saturated heterocycles. The Bertz CT molecular complexity index is 6150. The average molecular weight is 1450 g/mol. The number of aromatic nitrogens is 1. The molecule has 0 N–H and O–H groups in total. The molecule has 0 saturated carbocycles. The zero-order chi connectivity index (χ0) is 78.1. The van der Waals surface area contributed by atoms with Gasteiger partial charge in [0.2, 0.25) is 0 Å². The molecule has 13 aromatic carbocycles. The first-order valence-corrected chi connectivity index (χ1v) is 40.2. The van der Waals surface area contributed by atoms with E-state index in [1.165, 1.54) is 99.5 Å². The van der Waals surface area contributed by atoms with Gasteiger partial charge in [-0.1, -0.05) is 333 Å². The van der Waals surface area contributed by atoms with Crippen LogP contribution in [0.1, 0.15) is 184 Å². The molecule has 2 aromatic heterocycles. The van der Waals surface area contributed by atoms with E-state index >= 15 is 0 Å². The first-order valence-electron chi connectivity index (χ1n) is 40.2. The van der Waals surface area contributed by atoms with E-state index in [-0.39, 0.29) is 44.6 Å². The molecule has 17 rings (SSSR count). The Morgan fingerprint density at radius 3 is 1.08 bits per heavy atom. The summed E-state index contributed by atoms with van der Waals surface area (Å²) in [6, 6.07) is 102. The van der Waals surface area contributed by atoms with E-state index in [1.54, 1.807) is 0 Å². The van der Waals surface area contributed by atoms with Gasteiger partial charge in [0.1, 0.15) is 11.2 Å². The molecule has 554 valence electrons. The summed E-state index contributed by atoms with van der Waals surface area (Å²) in [4.78, 5) is 5.45. The maximum absolute atomic E-state index is 7.23. The van der Waals surface area contributed by atoms with Crippen molar-refractivity contribution in [2.75, 3.05) is 9.80 Å². The van der Waals surface area contributed by atoms with Gasteiger partial charge in [-0.3, -0.25) is 0 Å². The van der Waals surface area contributed by atoms with Crippen molar-refractivity contribution >= 4 is 101 Å². The number of nitrogens with zero attached hydrogens (tertiary/aromatic N) is 3. The Balaban J connectivity index is 1.09. The van der Waals surface area contributed by atoms with Crippen LogP contribution < -0.4 is 26.2 Å². The van der Waals surface area contributed by atoms with Gasteiger partial charge in [0, 0.05) is 44.6 Å². The smallest absolute Gasteiger partial charge is 0.252 e. The van der Waals surface area contributed by atoms with E-state index in [0.29, 0.717) is 0 Å². The maximum Gasteiger partial charge on any atom is 0.252 e. The zero-order valence-electron chi connectivity index (χ0n) is 69.2. The molecular formula is C106H106BN3O. The topological polar surface area (TPSA) is 24.6 Å². The average Bonchev–Trinajstić information content (AvgIpc) is 1.55. The number of furan rings is 1. The first kappa shape index (κ1) is 73.0. The fourth-order valence-corrected chi connectivity index (χ4v) is 17.3. The van der Waals surface area contributed by atoms with E-state index in [4.69, 9.17) is 4.42 Å². The van der Waals surface area contributed by atoms with Gasteiger partial charge in [0.05, 0.1) is 27.8 Å². The summed E-state index contributed by atoms with van der Waals surface area (Å²) in [6.07, 6.45) is 0. The van der Waals surface area contributed by atoms with Crippen LogP contribution in [0.25, 0.3) is 105 Å². The minimum Gasteiger partial charge on any atom is -0.456 e. The normalized spacial score (nSPS) is 13.6. The number of fused-ring (bicyclic) bond motifs is 10. The molecule has 0 amide bonds. The van der Waals surface area contributed by atoms with Crippen LogP contribution in [0, 0.1) is 0 Å². The molecule has 0 aliphatic carbocycles. The summed E-state index contributed by atoms with van der Waals surface area (Å²) in [5.41, 5.74) is 35.4. The van der Waals surface area contributed by atoms with Crippen LogP contribution in [-0.4, -0.2) is 11.3 Å². The highest BCUT2D eigenvalue weighted by atomic mass is 16.3. The molecule has 15 aromatic rings. The summed E-state index contributed by atoms with van der Waals surface area (Å²) >= 11 is 0. The Morgan fingerprint density at radius 2 is 0.595 bits per heavy atom. The molecule has 4 heterocycles. The lowest BCUT2D eigenvalue weighted by atomic mass is 9.33. The SMILES string of the molecule is CC(C)(C)c1cccc(-c2cc(N3c4cc(-c5cc(C(C)(C)C)cc(C(C)(C)C)c5)ccc4B4c5ccc(-c6cc(C(C)(C)C)cc(C(C)(C)C)c6)cc5N(c5cc(-c6ccccc6)cc6oc7ccccc7c56)c5cc(-c6cc(C(C)(C)C)cc(C(C)(C)C)c6)cc3c54)c3c4ccccc4n(-c4ccccc4)c3c2)c1. The molecule has 0 atom stereocenters. The second kappa shape index (κ2) is 25.9. The van der Waals surface area contributed by atoms with Crippen LogP contribution >= 0.6 is 0 Å². The standard InChI is InChI=1S/C106H106BN3O/c1-100(2,3)75-36-32-35-66(47-75)72-56-90-97(83-39-28-30-41-87(83)108(90)82-37-26-23-27-38-82)91(57-72)109-88-54-67(69-48-76(101(4,5)6)62-77(49-69)102(7,8)9)43-45-85(88)107-86-46-44-68(70-50-78(103(10,11)12)63-79(51-70)104(13,14)15)55-89(86)110(92-58-74(65-33-24-22-25-34-65)61-96-98(92)84-40-29-31-42-95(84)111-96)94-60-73(59-93(109)99(94)107)71-52-80(105(16,17)18)64-81(53-71)106(19,20)21/h22-64H,1-21H3. The highest BCUT2D eigenvalue weighted by molar-refractivity contribution is 7.00. The lowest BCUT2D eigenvalue weighted by molar-refractivity contribution is 0.568. The lowest BCUT2D eigenvalue weighted by Gasteiger charge is -2.45. The molecule has 0 spiro atoms. The van der Waals surface area contributed by atoms with Crippen molar-refractivity contribution in [3.63, 3.8) is 0 Å². The molecule has 2 aliphatic rings. The van der Waals surface area contributed by atoms with E-state index in [0.717, 1.165) is 95.0 Å². The summed E-state index contributed by atoms with van der Waals surface area (Å²) in [5.74, 6) is 0.